The molecule has 0 fully saturated rings. The number of nitrogens with two attached hydrogens (primary N) is 1. The van der Waals surface area contributed by atoms with Crippen molar-refractivity contribution in [2.45, 2.75) is 32.7 Å². The van der Waals surface area contributed by atoms with Gasteiger partial charge in [-0.25, -0.2) is 0 Å². The third-order valence-corrected chi connectivity index (χ3v) is 3.07. The molecule has 110 valence electrons. The summed E-state index contributed by atoms with van der Waals surface area (Å²) < 4.78 is 0. The Balaban J connectivity index is 2.99. The number of rotatable bonds is 6. The topological polar surface area (TPSA) is 98.3 Å². The summed E-state index contributed by atoms with van der Waals surface area (Å²) in [6, 6.07) is 5.90. The van der Waals surface area contributed by atoms with Crippen molar-refractivity contribution < 1.29 is 9.72 Å². The molecule has 0 radical (unpaired) electrons. The van der Waals surface area contributed by atoms with E-state index in [1.807, 2.05) is 20.8 Å². The van der Waals surface area contributed by atoms with Crippen LogP contribution in [0.2, 0.25) is 0 Å². The van der Waals surface area contributed by atoms with Crippen molar-refractivity contribution >= 4 is 11.6 Å². The van der Waals surface area contributed by atoms with Gasteiger partial charge in [0.1, 0.15) is 5.56 Å². The molecule has 6 nitrogen and oxygen atoms in total. The molecule has 1 amide bonds. The van der Waals surface area contributed by atoms with Crippen LogP contribution >= 0.6 is 0 Å². The second-order valence-electron chi connectivity index (χ2n) is 5.59. The first-order chi connectivity index (χ1) is 9.29. The van der Waals surface area contributed by atoms with E-state index in [1.54, 1.807) is 6.07 Å². The van der Waals surface area contributed by atoms with Crippen molar-refractivity contribution in [1.82, 2.24) is 5.32 Å². The van der Waals surface area contributed by atoms with Crippen molar-refractivity contribution in [3.05, 3.63) is 39.9 Å². The van der Waals surface area contributed by atoms with E-state index < -0.39 is 16.4 Å². The van der Waals surface area contributed by atoms with Gasteiger partial charge in [0.05, 0.1) is 4.92 Å². The number of nitrogens with zero attached hydrogens (tertiary/aromatic N) is 1. The molecule has 0 saturated carbocycles. The molecule has 0 aromatic heterocycles. The molecular weight excluding hydrogens is 258 g/mol. The van der Waals surface area contributed by atoms with Crippen LogP contribution < -0.4 is 11.1 Å². The Hall–Kier alpha value is -1.95. The van der Waals surface area contributed by atoms with E-state index in [1.165, 1.54) is 18.2 Å². The molecule has 0 saturated heterocycles. The first-order valence-corrected chi connectivity index (χ1v) is 6.55. The predicted octanol–water partition coefficient (Wildman–Crippen LogP) is 2.09. The summed E-state index contributed by atoms with van der Waals surface area (Å²) in [6.45, 7) is 6.19. The summed E-state index contributed by atoms with van der Waals surface area (Å²) in [4.78, 5) is 22.6. The zero-order valence-corrected chi connectivity index (χ0v) is 12.1. The monoisotopic (exact) mass is 279 g/mol. The Morgan fingerprint density at radius 1 is 1.45 bits per heavy atom. The molecular formula is C14H21N3O3. The SMILES string of the molecule is CC(C)CC(C)(CN)NC(=O)c1ccccc1[N+](=O)[O-]. The number of nitrogens with one attached hydrogen (secondary N) is 1. The standard InChI is InChI=1S/C14H21N3O3/c1-10(2)8-14(3,9-15)16-13(18)11-6-4-5-7-12(11)17(19)20/h4-7,10H,8-9,15H2,1-3H3,(H,16,18). The lowest BCUT2D eigenvalue weighted by Gasteiger charge is -2.31. The highest BCUT2D eigenvalue weighted by Crippen LogP contribution is 2.20. The summed E-state index contributed by atoms with van der Waals surface area (Å²) in [5.74, 6) is -0.111. The van der Waals surface area contributed by atoms with Gasteiger partial charge in [-0.15, -0.1) is 0 Å². The van der Waals surface area contributed by atoms with Gasteiger partial charge in [-0.05, 0) is 25.3 Å². The summed E-state index contributed by atoms with van der Waals surface area (Å²) in [6.07, 6.45) is 0.704. The van der Waals surface area contributed by atoms with Crippen molar-refractivity contribution in [3.63, 3.8) is 0 Å². The highest BCUT2D eigenvalue weighted by atomic mass is 16.6. The maximum absolute atomic E-state index is 12.3. The van der Waals surface area contributed by atoms with Gasteiger partial charge in [0.25, 0.3) is 11.6 Å². The largest absolute Gasteiger partial charge is 0.345 e. The van der Waals surface area contributed by atoms with E-state index in [2.05, 4.69) is 5.32 Å². The molecule has 0 aliphatic rings. The Morgan fingerprint density at radius 3 is 2.55 bits per heavy atom. The van der Waals surface area contributed by atoms with E-state index in [-0.39, 0.29) is 17.8 Å². The normalized spacial score (nSPS) is 13.8. The number of para-hydroxylation sites is 1. The zero-order chi connectivity index (χ0) is 15.3. The zero-order valence-electron chi connectivity index (χ0n) is 12.1. The summed E-state index contributed by atoms with van der Waals surface area (Å²) in [7, 11) is 0. The maximum atomic E-state index is 12.3. The lowest BCUT2D eigenvalue weighted by Crippen LogP contribution is -2.52. The van der Waals surface area contributed by atoms with Crippen LogP contribution in [0.25, 0.3) is 0 Å². The van der Waals surface area contributed by atoms with Crippen molar-refractivity contribution in [2.24, 2.45) is 11.7 Å². The van der Waals surface area contributed by atoms with Gasteiger partial charge in [0, 0.05) is 18.2 Å². The van der Waals surface area contributed by atoms with Crippen LogP contribution in [0, 0.1) is 16.0 Å². The first-order valence-electron chi connectivity index (χ1n) is 6.55. The molecule has 1 aromatic carbocycles. The number of nitro benzene ring substituents is 1. The van der Waals surface area contributed by atoms with Gasteiger partial charge in [0.15, 0.2) is 0 Å². The Bertz CT molecular complexity index is 502. The number of hydrogen-bond donors (Lipinski definition) is 2. The van der Waals surface area contributed by atoms with E-state index in [9.17, 15) is 14.9 Å². The molecule has 0 aliphatic heterocycles. The molecule has 1 atom stereocenters. The van der Waals surface area contributed by atoms with E-state index in [0.29, 0.717) is 12.3 Å². The lowest BCUT2D eigenvalue weighted by molar-refractivity contribution is -0.385. The van der Waals surface area contributed by atoms with Crippen molar-refractivity contribution in [2.75, 3.05) is 6.54 Å². The van der Waals surface area contributed by atoms with Crippen molar-refractivity contribution in [3.8, 4) is 0 Å². The number of hydrogen-bond acceptors (Lipinski definition) is 4. The van der Waals surface area contributed by atoms with Crippen LogP contribution in [-0.4, -0.2) is 22.9 Å². The van der Waals surface area contributed by atoms with E-state index >= 15 is 0 Å². The summed E-state index contributed by atoms with van der Waals surface area (Å²) in [5.41, 5.74) is 5.01. The second-order valence-corrected chi connectivity index (χ2v) is 5.59. The average Bonchev–Trinajstić information content (AvgIpc) is 2.37. The minimum absolute atomic E-state index is 0.0564. The van der Waals surface area contributed by atoms with Gasteiger partial charge in [-0.2, -0.15) is 0 Å². The van der Waals surface area contributed by atoms with Gasteiger partial charge in [-0.1, -0.05) is 26.0 Å². The summed E-state index contributed by atoms with van der Waals surface area (Å²) in [5, 5.41) is 13.8. The Labute approximate surface area is 118 Å². The minimum Gasteiger partial charge on any atom is -0.345 e. The average molecular weight is 279 g/mol. The van der Waals surface area contributed by atoms with Crippen molar-refractivity contribution in [1.29, 1.82) is 0 Å². The molecule has 6 heteroatoms. The fourth-order valence-electron chi connectivity index (χ4n) is 2.25. The molecule has 0 bridgehead atoms. The van der Waals surface area contributed by atoms with Gasteiger partial charge in [0.2, 0.25) is 0 Å². The molecule has 0 heterocycles. The predicted molar refractivity (Wildman–Crippen MR) is 77.5 cm³/mol. The molecule has 1 rings (SSSR count). The van der Waals surface area contributed by atoms with Crippen LogP contribution in [0.15, 0.2) is 24.3 Å². The molecule has 0 spiro atoms. The van der Waals surface area contributed by atoms with E-state index in [0.717, 1.165) is 0 Å². The van der Waals surface area contributed by atoms with Crippen LogP contribution in [0.3, 0.4) is 0 Å². The van der Waals surface area contributed by atoms with Gasteiger partial charge in [-0.3, -0.25) is 14.9 Å². The summed E-state index contributed by atoms with van der Waals surface area (Å²) >= 11 is 0. The fourth-order valence-corrected chi connectivity index (χ4v) is 2.25. The number of benzene rings is 1. The number of carbonyl (C=O) groups excluding carboxylic acids is 1. The quantitative estimate of drug-likeness (QED) is 0.615. The second kappa shape index (κ2) is 6.47. The molecule has 1 unspecified atom stereocenters. The molecule has 0 aliphatic carbocycles. The Kier molecular flexibility index (Phi) is 5.21. The molecule has 1 aromatic rings. The maximum Gasteiger partial charge on any atom is 0.282 e. The lowest BCUT2D eigenvalue weighted by atomic mass is 9.90. The fraction of sp³-hybridized carbons (Fsp3) is 0.500. The highest BCUT2D eigenvalue weighted by molar-refractivity contribution is 5.98. The van der Waals surface area contributed by atoms with Crippen LogP contribution in [-0.2, 0) is 0 Å². The van der Waals surface area contributed by atoms with E-state index in [4.69, 9.17) is 5.73 Å². The molecule has 20 heavy (non-hydrogen) atoms. The smallest absolute Gasteiger partial charge is 0.282 e. The van der Waals surface area contributed by atoms with Crippen LogP contribution in [0.5, 0.6) is 0 Å². The minimum atomic E-state index is -0.574. The highest BCUT2D eigenvalue weighted by Gasteiger charge is 2.29. The third kappa shape index (κ3) is 4.03. The first kappa shape index (κ1) is 16.1. The number of nitro groups is 1. The number of carbonyl (C=O) groups is 1. The van der Waals surface area contributed by atoms with Gasteiger partial charge >= 0.3 is 0 Å². The van der Waals surface area contributed by atoms with Gasteiger partial charge < -0.3 is 11.1 Å². The number of amides is 1. The molecule has 3 N–H and O–H groups in total. The van der Waals surface area contributed by atoms with Crippen LogP contribution in [0.1, 0.15) is 37.6 Å². The van der Waals surface area contributed by atoms with Crippen LogP contribution in [0.4, 0.5) is 5.69 Å². The third-order valence-electron chi connectivity index (χ3n) is 3.07. The Morgan fingerprint density at radius 2 is 2.05 bits per heavy atom.